The molecular formula is C20H18ClN3O4. The van der Waals surface area contributed by atoms with Crippen LogP contribution in [0.1, 0.15) is 21.5 Å². The minimum absolute atomic E-state index is 0.185. The Balaban J connectivity index is 1.70. The van der Waals surface area contributed by atoms with Gasteiger partial charge in [-0.1, -0.05) is 35.9 Å². The molecule has 144 valence electrons. The van der Waals surface area contributed by atoms with Gasteiger partial charge in [-0.25, -0.2) is 9.59 Å². The molecule has 1 saturated heterocycles. The van der Waals surface area contributed by atoms with Gasteiger partial charge in [-0.2, -0.15) is 0 Å². The number of anilines is 1. The van der Waals surface area contributed by atoms with E-state index < -0.39 is 17.9 Å². The second-order valence-electron chi connectivity index (χ2n) is 6.81. The first-order chi connectivity index (χ1) is 13.5. The van der Waals surface area contributed by atoms with E-state index in [0.717, 1.165) is 11.1 Å². The van der Waals surface area contributed by atoms with Crippen molar-refractivity contribution in [3.05, 3.63) is 64.2 Å². The molecule has 1 atom stereocenters. The summed E-state index contributed by atoms with van der Waals surface area (Å²) >= 11 is 6.27. The van der Waals surface area contributed by atoms with Gasteiger partial charge in [0.2, 0.25) is 0 Å². The summed E-state index contributed by atoms with van der Waals surface area (Å²) in [6.07, 6.45) is 0.239. The highest BCUT2D eigenvalue weighted by Gasteiger charge is 2.36. The van der Waals surface area contributed by atoms with Gasteiger partial charge >= 0.3 is 12.0 Å². The Morgan fingerprint density at radius 3 is 2.57 bits per heavy atom. The third kappa shape index (κ3) is 3.18. The number of benzene rings is 2. The molecule has 2 aromatic carbocycles. The van der Waals surface area contributed by atoms with Crippen LogP contribution < -0.4 is 10.2 Å². The van der Waals surface area contributed by atoms with Crippen LogP contribution in [0, 0.1) is 0 Å². The zero-order valence-corrected chi connectivity index (χ0v) is 15.6. The van der Waals surface area contributed by atoms with Crippen LogP contribution in [0.15, 0.2) is 42.5 Å². The molecule has 2 N–H and O–H groups in total. The number of amides is 3. The molecule has 8 heteroatoms. The monoisotopic (exact) mass is 399 g/mol. The van der Waals surface area contributed by atoms with Crippen LogP contribution in [0.4, 0.5) is 10.5 Å². The second-order valence-corrected chi connectivity index (χ2v) is 7.21. The number of aliphatic carboxylic acids is 1. The van der Waals surface area contributed by atoms with Gasteiger partial charge in [0, 0.05) is 31.7 Å². The average molecular weight is 400 g/mol. The normalized spacial score (nSPS) is 18.6. The fraction of sp³-hybridized carbons (Fsp3) is 0.250. The lowest BCUT2D eigenvalue weighted by atomic mass is 9.93. The van der Waals surface area contributed by atoms with Crippen LogP contribution in [0.25, 0.3) is 0 Å². The highest BCUT2D eigenvalue weighted by molar-refractivity contribution is 6.34. The van der Waals surface area contributed by atoms with Crippen molar-refractivity contribution in [3.63, 3.8) is 0 Å². The van der Waals surface area contributed by atoms with Crippen LogP contribution in [0.2, 0.25) is 5.02 Å². The highest BCUT2D eigenvalue weighted by Crippen LogP contribution is 2.30. The lowest BCUT2D eigenvalue weighted by molar-refractivity contribution is -0.142. The first-order valence-electron chi connectivity index (χ1n) is 8.91. The minimum atomic E-state index is -1.06. The number of fused-ring (bicyclic) bond motifs is 1. The summed E-state index contributed by atoms with van der Waals surface area (Å²) in [5.74, 6) is -1.53. The van der Waals surface area contributed by atoms with Gasteiger partial charge in [-0.15, -0.1) is 0 Å². The van der Waals surface area contributed by atoms with Crippen molar-refractivity contribution in [2.24, 2.45) is 0 Å². The van der Waals surface area contributed by atoms with E-state index in [2.05, 4.69) is 5.32 Å². The highest BCUT2D eigenvalue weighted by atomic mass is 35.5. The third-order valence-corrected chi connectivity index (χ3v) is 5.47. The molecule has 3 amide bonds. The molecule has 0 unspecified atom stereocenters. The first kappa shape index (κ1) is 18.3. The molecule has 0 spiro atoms. The summed E-state index contributed by atoms with van der Waals surface area (Å²) in [7, 11) is 0. The maximum Gasteiger partial charge on any atom is 0.326 e. The molecule has 4 rings (SSSR count). The van der Waals surface area contributed by atoms with E-state index in [0.29, 0.717) is 18.8 Å². The molecule has 0 bridgehead atoms. The molecule has 1 fully saturated rings. The van der Waals surface area contributed by atoms with Crippen molar-refractivity contribution in [1.29, 1.82) is 0 Å². The maximum absolute atomic E-state index is 13.3. The molecular weight excluding hydrogens is 382 g/mol. The van der Waals surface area contributed by atoms with E-state index in [-0.39, 0.29) is 29.6 Å². The largest absolute Gasteiger partial charge is 0.480 e. The first-order valence-corrected chi connectivity index (χ1v) is 9.29. The zero-order valence-electron chi connectivity index (χ0n) is 14.9. The van der Waals surface area contributed by atoms with Gasteiger partial charge in [0.1, 0.15) is 6.04 Å². The fourth-order valence-corrected chi connectivity index (χ4v) is 3.87. The Morgan fingerprint density at radius 2 is 1.89 bits per heavy atom. The summed E-state index contributed by atoms with van der Waals surface area (Å²) in [5.41, 5.74) is 2.57. The quantitative estimate of drug-likeness (QED) is 0.829. The van der Waals surface area contributed by atoms with Gasteiger partial charge < -0.3 is 15.3 Å². The number of halogens is 1. The number of nitrogens with one attached hydrogen (secondary N) is 1. The lowest BCUT2D eigenvalue weighted by Crippen LogP contribution is -2.48. The van der Waals surface area contributed by atoms with Crippen molar-refractivity contribution in [1.82, 2.24) is 10.2 Å². The summed E-state index contributed by atoms with van der Waals surface area (Å²) in [4.78, 5) is 39.9. The molecule has 2 aliphatic heterocycles. The van der Waals surface area contributed by atoms with E-state index in [1.807, 2.05) is 24.3 Å². The summed E-state index contributed by atoms with van der Waals surface area (Å²) < 4.78 is 0. The van der Waals surface area contributed by atoms with E-state index in [1.54, 1.807) is 18.2 Å². The van der Waals surface area contributed by atoms with Crippen molar-refractivity contribution in [2.75, 3.05) is 18.0 Å². The average Bonchev–Trinajstić information content (AvgIpc) is 3.12. The van der Waals surface area contributed by atoms with Crippen molar-refractivity contribution < 1.29 is 19.5 Å². The van der Waals surface area contributed by atoms with Crippen molar-refractivity contribution >= 4 is 35.2 Å². The molecule has 2 aromatic rings. The fourth-order valence-electron chi connectivity index (χ4n) is 3.67. The van der Waals surface area contributed by atoms with Gasteiger partial charge in [-0.3, -0.25) is 9.69 Å². The number of carboxylic acids is 1. The van der Waals surface area contributed by atoms with Crippen LogP contribution in [0.5, 0.6) is 0 Å². The van der Waals surface area contributed by atoms with Gasteiger partial charge in [0.15, 0.2) is 0 Å². The van der Waals surface area contributed by atoms with Crippen LogP contribution in [0.3, 0.4) is 0 Å². The number of rotatable bonds is 3. The van der Waals surface area contributed by atoms with Gasteiger partial charge in [0.05, 0.1) is 10.6 Å². The number of carbonyl (C=O) groups is 3. The van der Waals surface area contributed by atoms with Gasteiger partial charge in [-0.05, 0) is 29.3 Å². The number of carboxylic acid groups (broad SMARTS) is 1. The number of hydrogen-bond donors (Lipinski definition) is 2. The van der Waals surface area contributed by atoms with Crippen molar-refractivity contribution in [2.45, 2.75) is 19.0 Å². The molecule has 2 aliphatic rings. The molecule has 2 heterocycles. The Morgan fingerprint density at radius 1 is 1.14 bits per heavy atom. The second kappa shape index (κ2) is 7.16. The predicted octanol–water partition coefficient (Wildman–Crippen LogP) is 2.52. The van der Waals surface area contributed by atoms with Crippen LogP contribution in [-0.4, -0.2) is 47.0 Å². The number of nitrogens with zero attached hydrogens (tertiary/aromatic N) is 2. The Hall–Kier alpha value is -3.06. The smallest absolute Gasteiger partial charge is 0.326 e. The molecule has 7 nitrogen and oxygen atoms in total. The number of urea groups is 1. The van der Waals surface area contributed by atoms with E-state index >= 15 is 0 Å². The van der Waals surface area contributed by atoms with Crippen LogP contribution >= 0.6 is 11.6 Å². The number of hydrogen-bond acceptors (Lipinski definition) is 3. The standard InChI is InChI=1S/C20H18ClN3O4/c21-16-6-5-14(23-8-7-22-20(23)28)10-15(16)18(25)24-11-13-4-2-1-3-12(13)9-17(24)19(26)27/h1-6,10,17H,7-9,11H2,(H,22,28)(H,26,27)/t17-/m0/s1. The van der Waals surface area contributed by atoms with Gasteiger partial charge in [0.25, 0.3) is 5.91 Å². The molecule has 0 aliphatic carbocycles. The zero-order chi connectivity index (χ0) is 19.8. The topological polar surface area (TPSA) is 89.9 Å². The predicted molar refractivity (Wildman–Crippen MR) is 104 cm³/mol. The Bertz CT molecular complexity index is 978. The lowest BCUT2D eigenvalue weighted by Gasteiger charge is -2.34. The SMILES string of the molecule is O=C(O)[C@@H]1Cc2ccccc2CN1C(=O)c1cc(N2CCNC2=O)ccc1Cl. The van der Waals surface area contributed by atoms with Crippen molar-refractivity contribution in [3.8, 4) is 0 Å². The van der Waals surface area contributed by atoms with E-state index in [4.69, 9.17) is 11.6 Å². The van der Waals surface area contributed by atoms with E-state index in [9.17, 15) is 19.5 Å². The minimum Gasteiger partial charge on any atom is -0.480 e. The Labute approximate surface area is 166 Å². The molecule has 0 radical (unpaired) electrons. The summed E-state index contributed by atoms with van der Waals surface area (Å²) in [5, 5.41) is 12.6. The molecule has 0 aromatic heterocycles. The third-order valence-electron chi connectivity index (χ3n) is 5.14. The van der Waals surface area contributed by atoms with E-state index in [1.165, 1.54) is 9.80 Å². The Kier molecular flexibility index (Phi) is 4.68. The van der Waals surface area contributed by atoms with Crippen LogP contribution in [-0.2, 0) is 17.8 Å². The summed E-state index contributed by atoms with van der Waals surface area (Å²) in [6.45, 7) is 1.20. The molecule has 28 heavy (non-hydrogen) atoms. The maximum atomic E-state index is 13.3. The molecule has 0 saturated carbocycles. The number of carbonyl (C=O) groups excluding carboxylic acids is 2. The summed E-state index contributed by atoms with van der Waals surface area (Å²) in [6, 6.07) is 11.1.